The minimum atomic E-state index is -5.14. The maximum Gasteiger partial charge on any atom is 0.507 e. The van der Waals surface area contributed by atoms with E-state index in [2.05, 4.69) is 0 Å². The SMILES string of the molecule is O=P(O)(O)F.[V]. The minimum Gasteiger partial charge on any atom is -0.299 e. The van der Waals surface area contributed by atoms with Gasteiger partial charge >= 0.3 is 7.91 Å². The number of rotatable bonds is 0. The van der Waals surface area contributed by atoms with Gasteiger partial charge in [-0.05, 0) is 0 Å². The van der Waals surface area contributed by atoms with E-state index in [1.807, 2.05) is 0 Å². The molecule has 0 heterocycles. The summed E-state index contributed by atoms with van der Waals surface area (Å²) in [7, 11) is -5.14. The fourth-order valence-corrected chi connectivity index (χ4v) is 0. The Morgan fingerprint density at radius 2 is 1.50 bits per heavy atom. The average molecular weight is 151 g/mol. The standard InChI is InChI=1S/FH2O3P.V/c1-5(2,3)4;/h(H2,2,3,4);. The molecule has 0 aromatic rings. The molecule has 2 N–H and O–H groups in total. The Hall–Kier alpha value is 0.664. The fraction of sp³-hybridized carbons (Fsp3) is 0. The summed E-state index contributed by atoms with van der Waals surface area (Å²) in [5.74, 6) is 0. The smallest absolute Gasteiger partial charge is 0.299 e. The molecule has 6 heavy (non-hydrogen) atoms. The first-order valence-corrected chi connectivity index (χ1v) is 2.25. The summed E-state index contributed by atoms with van der Waals surface area (Å²) >= 11 is 0. The Morgan fingerprint density at radius 1 is 1.50 bits per heavy atom. The van der Waals surface area contributed by atoms with Crippen LogP contribution in [-0.2, 0) is 23.1 Å². The Morgan fingerprint density at radius 3 is 1.50 bits per heavy atom. The van der Waals surface area contributed by atoms with Gasteiger partial charge in [-0.25, -0.2) is 4.57 Å². The zero-order valence-electron chi connectivity index (χ0n) is 2.58. The molecule has 6 heteroatoms. The van der Waals surface area contributed by atoms with E-state index in [0.717, 1.165) is 0 Å². The second kappa shape index (κ2) is 2.77. The molecular weight excluding hydrogens is 149 g/mol. The van der Waals surface area contributed by atoms with Crippen LogP contribution in [-0.4, -0.2) is 9.79 Å². The van der Waals surface area contributed by atoms with E-state index in [1.54, 1.807) is 0 Å². The van der Waals surface area contributed by atoms with E-state index in [0.29, 0.717) is 0 Å². The predicted molar refractivity (Wildman–Crippen MR) is 13.2 cm³/mol. The van der Waals surface area contributed by atoms with Crippen molar-refractivity contribution in [1.82, 2.24) is 0 Å². The van der Waals surface area contributed by atoms with Gasteiger partial charge < -0.3 is 0 Å². The van der Waals surface area contributed by atoms with Gasteiger partial charge in [0.15, 0.2) is 0 Å². The number of hydrogen-bond donors (Lipinski definition) is 2. The van der Waals surface area contributed by atoms with E-state index in [1.165, 1.54) is 0 Å². The molecule has 0 spiro atoms. The van der Waals surface area contributed by atoms with Crippen LogP contribution in [0.2, 0.25) is 0 Å². The quantitative estimate of drug-likeness (QED) is 0.480. The van der Waals surface area contributed by atoms with Crippen molar-refractivity contribution in [3.8, 4) is 0 Å². The third-order valence-electron chi connectivity index (χ3n) is 0. The monoisotopic (exact) mass is 151 g/mol. The molecule has 0 aliphatic rings. The predicted octanol–water partition coefficient (Wildman–Crippen LogP) is 0.0461. The second-order valence-electron chi connectivity index (χ2n) is 0.473. The normalized spacial score (nSPS) is 9.83. The molecule has 0 aromatic carbocycles. The van der Waals surface area contributed by atoms with Gasteiger partial charge in [-0.1, -0.05) is 0 Å². The molecule has 0 atom stereocenters. The summed E-state index contributed by atoms with van der Waals surface area (Å²) < 4.78 is 19.0. The summed E-state index contributed by atoms with van der Waals surface area (Å²) in [5, 5.41) is 0. The molecule has 0 aliphatic heterocycles. The van der Waals surface area contributed by atoms with Gasteiger partial charge in [-0.2, -0.15) is 0 Å². The van der Waals surface area contributed by atoms with Gasteiger partial charge in [0.25, 0.3) is 0 Å². The third-order valence-corrected chi connectivity index (χ3v) is 0. The van der Waals surface area contributed by atoms with Gasteiger partial charge in [0.1, 0.15) is 0 Å². The van der Waals surface area contributed by atoms with Gasteiger partial charge in [0, 0.05) is 18.6 Å². The van der Waals surface area contributed by atoms with Crippen molar-refractivity contribution < 1.29 is 37.1 Å². The number of hydrogen-bond acceptors (Lipinski definition) is 1. The van der Waals surface area contributed by atoms with Crippen molar-refractivity contribution in [2.24, 2.45) is 0 Å². The first-order valence-electron chi connectivity index (χ1n) is 0.752. The zero-order valence-corrected chi connectivity index (χ0v) is 4.87. The molecule has 0 aromatic heterocycles. The summed E-state index contributed by atoms with van der Waals surface area (Å²) in [6.45, 7) is 0. The molecule has 0 rings (SSSR count). The van der Waals surface area contributed by atoms with E-state index >= 15 is 0 Å². The Balaban J connectivity index is 0. The van der Waals surface area contributed by atoms with Crippen molar-refractivity contribution in [2.45, 2.75) is 0 Å². The molecule has 0 saturated carbocycles. The topological polar surface area (TPSA) is 57.5 Å². The first-order chi connectivity index (χ1) is 2.00. The Labute approximate surface area is 45.7 Å². The van der Waals surface area contributed by atoms with Gasteiger partial charge in [0.05, 0.1) is 0 Å². The van der Waals surface area contributed by atoms with Crippen LogP contribution < -0.4 is 0 Å². The van der Waals surface area contributed by atoms with E-state index in [-0.39, 0.29) is 18.6 Å². The van der Waals surface area contributed by atoms with Crippen LogP contribution in [0.5, 0.6) is 0 Å². The van der Waals surface area contributed by atoms with Crippen LogP contribution in [0.15, 0.2) is 0 Å². The zero-order chi connectivity index (χ0) is 4.50. The van der Waals surface area contributed by atoms with Crippen LogP contribution in [0.25, 0.3) is 0 Å². The van der Waals surface area contributed by atoms with Crippen LogP contribution in [0.3, 0.4) is 0 Å². The van der Waals surface area contributed by atoms with Crippen LogP contribution in [0.1, 0.15) is 0 Å². The molecule has 0 bridgehead atoms. The molecule has 1 radical (unpaired) electrons. The van der Waals surface area contributed by atoms with Gasteiger partial charge in [-0.3, -0.25) is 9.79 Å². The van der Waals surface area contributed by atoms with Crippen molar-refractivity contribution in [2.75, 3.05) is 0 Å². The molecule has 0 aliphatic carbocycles. The molecule has 0 saturated heterocycles. The Bertz CT molecular complexity index is 56.9. The van der Waals surface area contributed by atoms with Crippen LogP contribution >= 0.6 is 7.91 Å². The fourth-order valence-electron chi connectivity index (χ4n) is 0. The summed E-state index contributed by atoms with van der Waals surface area (Å²) in [5.41, 5.74) is 0. The summed E-state index contributed by atoms with van der Waals surface area (Å²) in [6, 6.07) is 0. The van der Waals surface area contributed by atoms with Crippen molar-refractivity contribution in [3.05, 3.63) is 0 Å². The average Bonchev–Trinajstić information content (AvgIpc) is 0.722. The third kappa shape index (κ3) is 142. The van der Waals surface area contributed by atoms with Crippen molar-refractivity contribution >= 4 is 7.91 Å². The van der Waals surface area contributed by atoms with Crippen LogP contribution in [0.4, 0.5) is 4.20 Å². The van der Waals surface area contributed by atoms with E-state index in [4.69, 9.17) is 14.4 Å². The second-order valence-corrected chi connectivity index (χ2v) is 1.42. The molecule has 37 valence electrons. The van der Waals surface area contributed by atoms with E-state index in [9.17, 15) is 4.20 Å². The molecule has 0 unspecified atom stereocenters. The largest absolute Gasteiger partial charge is 0.507 e. The molecular formula is H2FO3PV. The summed E-state index contributed by atoms with van der Waals surface area (Å²) in [4.78, 5) is 13.9. The van der Waals surface area contributed by atoms with Gasteiger partial charge in [-0.15, -0.1) is 4.20 Å². The van der Waals surface area contributed by atoms with Crippen LogP contribution in [0, 0.1) is 0 Å². The molecule has 0 amide bonds. The van der Waals surface area contributed by atoms with Crippen molar-refractivity contribution in [3.63, 3.8) is 0 Å². The maximum absolute atomic E-state index is 10.4. The first kappa shape index (κ1) is 9.83. The summed E-state index contributed by atoms with van der Waals surface area (Å²) in [6.07, 6.45) is 0. The molecule has 3 nitrogen and oxygen atoms in total. The maximum atomic E-state index is 10.4. The number of halogens is 1. The Kier molecular flexibility index (Phi) is 4.55. The van der Waals surface area contributed by atoms with Gasteiger partial charge in [0.2, 0.25) is 0 Å². The molecule has 0 fully saturated rings. The van der Waals surface area contributed by atoms with Crippen molar-refractivity contribution in [1.29, 1.82) is 0 Å². The minimum absolute atomic E-state index is 0. The van der Waals surface area contributed by atoms with E-state index < -0.39 is 7.91 Å².